The summed E-state index contributed by atoms with van der Waals surface area (Å²) in [6, 6.07) is 6.24. The molecule has 4 aliphatic carbocycles. The van der Waals surface area contributed by atoms with Crippen LogP contribution in [0.2, 0.25) is 0 Å². The Morgan fingerprint density at radius 1 is 1.20 bits per heavy atom. The molecule has 6 nitrogen and oxygen atoms in total. The van der Waals surface area contributed by atoms with E-state index >= 15 is 0 Å². The van der Waals surface area contributed by atoms with Crippen molar-refractivity contribution in [1.29, 1.82) is 0 Å². The maximum absolute atomic E-state index is 12.9. The van der Waals surface area contributed by atoms with Gasteiger partial charge in [-0.1, -0.05) is 25.0 Å². The highest BCUT2D eigenvalue weighted by atomic mass is 16.6. The molecule has 6 heteroatoms. The Hall–Kier alpha value is -2.24. The number of nitrogens with zero attached hydrogens (tertiary/aromatic N) is 2. The van der Waals surface area contributed by atoms with Gasteiger partial charge in [0.2, 0.25) is 5.91 Å². The number of rotatable bonds is 4. The monoisotopic (exact) mass is 341 g/mol. The summed E-state index contributed by atoms with van der Waals surface area (Å²) < 4.78 is 0. The molecule has 1 aromatic rings. The van der Waals surface area contributed by atoms with Crippen molar-refractivity contribution in [3.8, 4) is 0 Å². The summed E-state index contributed by atoms with van der Waals surface area (Å²) in [4.78, 5) is 23.3. The third-order valence-electron chi connectivity index (χ3n) is 6.30. The third kappa shape index (κ3) is 3.17. The van der Waals surface area contributed by atoms with Gasteiger partial charge >= 0.3 is 0 Å². The van der Waals surface area contributed by atoms with Crippen molar-refractivity contribution in [2.75, 3.05) is 0 Å². The van der Waals surface area contributed by atoms with Gasteiger partial charge in [-0.3, -0.25) is 14.9 Å². The molecule has 1 amide bonds. The Balaban J connectivity index is 1.45. The van der Waals surface area contributed by atoms with Crippen LogP contribution in [0.4, 0.5) is 5.69 Å². The third-order valence-corrected chi connectivity index (χ3v) is 6.30. The molecule has 0 heterocycles. The van der Waals surface area contributed by atoms with Crippen LogP contribution in [0.5, 0.6) is 0 Å². The molecular formula is C19H23N3O3. The Morgan fingerprint density at radius 3 is 2.56 bits per heavy atom. The van der Waals surface area contributed by atoms with Crippen molar-refractivity contribution in [1.82, 2.24) is 5.43 Å². The minimum absolute atomic E-state index is 0.0212. The topological polar surface area (TPSA) is 84.6 Å². The van der Waals surface area contributed by atoms with E-state index in [0.29, 0.717) is 23.3 Å². The average molecular weight is 341 g/mol. The average Bonchev–Trinajstić information content (AvgIpc) is 2.81. The minimum Gasteiger partial charge on any atom is -0.273 e. The molecule has 2 unspecified atom stereocenters. The summed E-state index contributed by atoms with van der Waals surface area (Å²) in [7, 11) is 0. The van der Waals surface area contributed by atoms with Crippen molar-refractivity contribution < 1.29 is 9.72 Å². The quantitative estimate of drug-likeness (QED) is 0.515. The van der Waals surface area contributed by atoms with Crippen molar-refractivity contribution in [3.63, 3.8) is 0 Å². The number of hydrogen-bond donors (Lipinski definition) is 1. The summed E-state index contributed by atoms with van der Waals surface area (Å²) in [5, 5.41) is 14.9. The zero-order valence-corrected chi connectivity index (χ0v) is 14.2. The van der Waals surface area contributed by atoms with Gasteiger partial charge in [-0.15, -0.1) is 0 Å². The van der Waals surface area contributed by atoms with Crippen LogP contribution < -0.4 is 5.43 Å². The molecule has 4 aliphatic rings. The van der Waals surface area contributed by atoms with Crippen molar-refractivity contribution >= 4 is 17.8 Å². The molecule has 4 saturated carbocycles. The number of nitrogens with one attached hydrogen (secondary N) is 1. The Bertz CT molecular complexity index is 714. The van der Waals surface area contributed by atoms with Crippen molar-refractivity contribution in [2.24, 2.45) is 28.3 Å². The lowest BCUT2D eigenvalue weighted by molar-refractivity contribution is -0.384. The predicted molar refractivity (Wildman–Crippen MR) is 94.1 cm³/mol. The molecule has 0 aliphatic heterocycles. The first-order valence-corrected chi connectivity index (χ1v) is 9.12. The normalized spacial score (nSPS) is 33.4. The van der Waals surface area contributed by atoms with E-state index in [-0.39, 0.29) is 17.0 Å². The van der Waals surface area contributed by atoms with Crippen LogP contribution in [-0.4, -0.2) is 17.0 Å². The number of non-ortho nitro benzene ring substituents is 1. The van der Waals surface area contributed by atoms with Gasteiger partial charge in [-0.25, -0.2) is 5.43 Å². The SMILES string of the molecule is O=C(N/N=C\c1cccc([N+](=O)[O-])c1)C12CC3C[C@@H](CC[C@@H](C3)C1)C2. The number of fused-ring (bicyclic) bond motifs is 1. The molecule has 4 bridgehead atoms. The lowest BCUT2D eigenvalue weighted by Gasteiger charge is -2.46. The molecule has 0 radical (unpaired) electrons. The van der Waals surface area contributed by atoms with Crippen molar-refractivity contribution in [3.05, 3.63) is 39.9 Å². The predicted octanol–water partition coefficient (Wildman–Crippen LogP) is 3.65. The second-order valence-corrected chi connectivity index (χ2v) is 8.09. The van der Waals surface area contributed by atoms with Gasteiger partial charge in [0.15, 0.2) is 0 Å². The Labute approximate surface area is 146 Å². The fourth-order valence-electron chi connectivity index (χ4n) is 5.47. The Morgan fingerprint density at radius 2 is 1.88 bits per heavy atom. The van der Waals surface area contributed by atoms with Crippen LogP contribution in [0.1, 0.15) is 50.5 Å². The number of nitro benzene ring substituents is 1. The smallest absolute Gasteiger partial charge is 0.270 e. The summed E-state index contributed by atoms with van der Waals surface area (Å²) in [6.45, 7) is 0. The summed E-state index contributed by atoms with van der Waals surface area (Å²) in [5.41, 5.74) is 3.11. The zero-order valence-electron chi connectivity index (χ0n) is 14.2. The molecule has 25 heavy (non-hydrogen) atoms. The van der Waals surface area contributed by atoms with Crippen LogP contribution >= 0.6 is 0 Å². The number of carbonyl (C=O) groups is 1. The maximum Gasteiger partial charge on any atom is 0.270 e. The number of amides is 1. The second-order valence-electron chi connectivity index (χ2n) is 8.09. The lowest BCUT2D eigenvalue weighted by Crippen LogP contribution is -2.47. The fourth-order valence-corrected chi connectivity index (χ4v) is 5.47. The zero-order chi connectivity index (χ0) is 17.4. The van der Waals surface area contributed by atoms with Crippen LogP contribution in [0.25, 0.3) is 0 Å². The van der Waals surface area contributed by atoms with Gasteiger partial charge in [-0.05, 0) is 49.9 Å². The molecule has 1 N–H and O–H groups in total. The van der Waals surface area contributed by atoms with E-state index < -0.39 is 4.92 Å². The fraction of sp³-hybridized carbons (Fsp3) is 0.579. The van der Waals surface area contributed by atoms with Gasteiger partial charge in [0.05, 0.1) is 16.6 Å². The number of benzene rings is 1. The van der Waals surface area contributed by atoms with E-state index in [2.05, 4.69) is 10.5 Å². The second kappa shape index (κ2) is 6.24. The van der Waals surface area contributed by atoms with Gasteiger partial charge < -0.3 is 0 Å². The van der Waals surface area contributed by atoms with E-state index in [1.54, 1.807) is 12.1 Å². The van der Waals surface area contributed by atoms with Crippen LogP contribution in [0, 0.1) is 33.3 Å². The maximum atomic E-state index is 12.9. The highest BCUT2D eigenvalue weighted by molar-refractivity contribution is 5.86. The molecule has 0 aromatic heterocycles. The summed E-state index contributed by atoms with van der Waals surface area (Å²) in [6.07, 6.45) is 9.61. The molecule has 4 fully saturated rings. The number of nitro groups is 1. The Kier molecular flexibility index (Phi) is 4.06. The van der Waals surface area contributed by atoms with Crippen LogP contribution in [0.15, 0.2) is 29.4 Å². The largest absolute Gasteiger partial charge is 0.273 e. The summed E-state index contributed by atoms with van der Waals surface area (Å²) in [5.74, 6) is 2.12. The molecule has 1 aromatic carbocycles. The van der Waals surface area contributed by atoms with Crippen molar-refractivity contribution in [2.45, 2.75) is 44.9 Å². The molecule has 4 atom stereocenters. The van der Waals surface area contributed by atoms with Gasteiger partial charge in [0.1, 0.15) is 0 Å². The molecule has 132 valence electrons. The first-order chi connectivity index (χ1) is 12.0. The van der Waals surface area contributed by atoms with Gasteiger partial charge in [0, 0.05) is 17.7 Å². The van der Waals surface area contributed by atoms with E-state index in [1.165, 1.54) is 44.0 Å². The van der Waals surface area contributed by atoms with Gasteiger partial charge in [0.25, 0.3) is 5.69 Å². The molecule has 5 rings (SSSR count). The molecule has 0 saturated heterocycles. The lowest BCUT2D eigenvalue weighted by atomic mass is 9.58. The van der Waals surface area contributed by atoms with E-state index in [0.717, 1.165) is 19.3 Å². The first-order valence-electron chi connectivity index (χ1n) is 9.12. The van der Waals surface area contributed by atoms with Crippen LogP contribution in [0.3, 0.4) is 0 Å². The highest BCUT2D eigenvalue weighted by Crippen LogP contribution is 2.57. The minimum atomic E-state index is -0.436. The van der Waals surface area contributed by atoms with Gasteiger partial charge in [-0.2, -0.15) is 5.10 Å². The van der Waals surface area contributed by atoms with Crippen LogP contribution in [-0.2, 0) is 4.79 Å². The standard InChI is InChI=1S/C19H23N3O3/c23-18(21-20-12-15-2-1-3-17(8-15)22(24)25)19-9-13-4-5-14(10-19)7-16(6-13)11-19/h1-3,8,12-14,16H,4-7,9-11H2,(H,21,23)/b20-12-/t13-,14+,16?,19?. The van der Waals surface area contributed by atoms with E-state index in [1.807, 2.05) is 0 Å². The molecular weight excluding hydrogens is 318 g/mol. The highest BCUT2D eigenvalue weighted by Gasteiger charge is 2.52. The van der Waals surface area contributed by atoms with E-state index in [9.17, 15) is 14.9 Å². The number of carbonyl (C=O) groups excluding carboxylic acids is 1. The number of hydrazone groups is 1. The molecule has 0 spiro atoms. The van der Waals surface area contributed by atoms with E-state index in [4.69, 9.17) is 0 Å². The number of hydrogen-bond acceptors (Lipinski definition) is 4. The first kappa shape index (κ1) is 16.2. The summed E-state index contributed by atoms with van der Waals surface area (Å²) >= 11 is 0.